The third kappa shape index (κ3) is 2.42. The minimum atomic E-state index is 0.0522. The molecule has 0 saturated carbocycles. The van der Waals surface area contributed by atoms with Crippen molar-refractivity contribution >= 4 is 0 Å². The molecule has 1 atom stereocenters. The van der Waals surface area contributed by atoms with E-state index >= 15 is 0 Å². The average Bonchev–Trinajstić information content (AvgIpc) is 2.93. The number of fused-ring (bicyclic) bond motifs is 1. The molecule has 2 aliphatic heterocycles. The Balaban J connectivity index is 1.44. The van der Waals surface area contributed by atoms with Gasteiger partial charge in [0.2, 0.25) is 0 Å². The van der Waals surface area contributed by atoms with Crippen LogP contribution in [-0.2, 0) is 6.42 Å². The van der Waals surface area contributed by atoms with E-state index in [0.29, 0.717) is 6.04 Å². The minimum Gasteiger partial charge on any atom is -0.487 e. The smallest absolute Gasteiger partial charge is 0.123 e. The largest absolute Gasteiger partial charge is 0.487 e. The number of hydrogen-bond donors (Lipinski definition) is 0. The molecule has 1 unspecified atom stereocenters. The lowest BCUT2D eigenvalue weighted by Crippen LogP contribution is -2.47. The van der Waals surface area contributed by atoms with Crippen LogP contribution in [0.15, 0.2) is 54.6 Å². The van der Waals surface area contributed by atoms with Gasteiger partial charge in [-0.2, -0.15) is 0 Å². The first-order valence-corrected chi connectivity index (χ1v) is 8.32. The summed E-state index contributed by atoms with van der Waals surface area (Å²) in [4.78, 5) is 2.59. The Morgan fingerprint density at radius 1 is 0.955 bits per heavy atom. The first kappa shape index (κ1) is 13.8. The quantitative estimate of drug-likeness (QED) is 0.822. The predicted octanol–water partition coefficient (Wildman–Crippen LogP) is 4.22. The van der Waals surface area contributed by atoms with E-state index in [1.165, 1.54) is 11.1 Å². The van der Waals surface area contributed by atoms with Crippen LogP contribution in [0, 0.1) is 0 Å². The molecule has 1 spiro atoms. The zero-order valence-corrected chi connectivity index (χ0v) is 13.2. The first-order chi connectivity index (χ1) is 10.8. The van der Waals surface area contributed by atoms with Crippen LogP contribution in [0.4, 0.5) is 0 Å². The molecule has 114 valence electrons. The van der Waals surface area contributed by atoms with Gasteiger partial charge >= 0.3 is 0 Å². The summed E-state index contributed by atoms with van der Waals surface area (Å²) in [6.07, 6.45) is 3.33. The molecule has 0 N–H and O–H groups in total. The summed E-state index contributed by atoms with van der Waals surface area (Å²) in [5, 5.41) is 0. The predicted molar refractivity (Wildman–Crippen MR) is 89.2 cm³/mol. The summed E-state index contributed by atoms with van der Waals surface area (Å²) in [5.41, 5.74) is 2.84. The molecule has 2 aromatic rings. The Morgan fingerprint density at radius 2 is 1.64 bits per heavy atom. The summed E-state index contributed by atoms with van der Waals surface area (Å²) in [7, 11) is 0. The molecule has 22 heavy (non-hydrogen) atoms. The highest BCUT2D eigenvalue weighted by Crippen LogP contribution is 2.41. The molecule has 1 saturated heterocycles. The van der Waals surface area contributed by atoms with Crippen LogP contribution < -0.4 is 4.74 Å². The van der Waals surface area contributed by atoms with Gasteiger partial charge in [0.15, 0.2) is 0 Å². The second kappa shape index (κ2) is 5.44. The Bertz CT molecular complexity index is 617. The Kier molecular flexibility index (Phi) is 3.42. The SMILES string of the molecule is CC(c1ccccc1)N1CCC2(CC1)Cc1ccccc1O2. The van der Waals surface area contributed by atoms with E-state index in [0.717, 1.165) is 38.1 Å². The normalized spacial score (nSPS) is 21.3. The van der Waals surface area contributed by atoms with Crippen molar-refractivity contribution in [2.24, 2.45) is 0 Å². The van der Waals surface area contributed by atoms with Crippen molar-refractivity contribution in [3.63, 3.8) is 0 Å². The third-order valence-electron chi connectivity index (χ3n) is 5.35. The third-order valence-corrected chi connectivity index (χ3v) is 5.35. The lowest BCUT2D eigenvalue weighted by molar-refractivity contribution is 0.00761. The van der Waals surface area contributed by atoms with Crippen LogP contribution >= 0.6 is 0 Å². The highest BCUT2D eigenvalue weighted by molar-refractivity contribution is 5.39. The molecule has 2 aromatic carbocycles. The molecule has 2 heterocycles. The van der Waals surface area contributed by atoms with Crippen LogP contribution in [0.2, 0.25) is 0 Å². The van der Waals surface area contributed by atoms with Crippen LogP contribution in [0.3, 0.4) is 0 Å². The number of piperidine rings is 1. The van der Waals surface area contributed by atoms with E-state index < -0.39 is 0 Å². The molecule has 0 aromatic heterocycles. The molecule has 2 aliphatic rings. The minimum absolute atomic E-state index is 0.0522. The summed E-state index contributed by atoms with van der Waals surface area (Å²) in [5.74, 6) is 1.10. The summed E-state index contributed by atoms with van der Waals surface area (Å²) in [6, 6.07) is 19.8. The molecule has 2 heteroatoms. The van der Waals surface area contributed by atoms with Crippen LogP contribution in [0.25, 0.3) is 0 Å². The second-order valence-electron chi connectivity index (χ2n) is 6.69. The summed E-state index contributed by atoms with van der Waals surface area (Å²) < 4.78 is 6.34. The fourth-order valence-electron chi connectivity index (χ4n) is 3.91. The second-order valence-corrected chi connectivity index (χ2v) is 6.69. The van der Waals surface area contributed by atoms with Crippen LogP contribution in [0.1, 0.15) is 36.9 Å². The van der Waals surface area contributed by atoms with Crippen molar-refractivity contribution in [3.8, 4) is 5.75 Å². The van der Waals surface area contributed by atoms with E-state index in [1.54, 1.807) is 0 Å². The van der Waals surface area contributed by atoms with Gasteiger partial charge in [0, 0.05) is 38.4 Å². The number of ether oxygens (including phenoxy) is 1. The maximum atomic E-state index is 6.34. The summed E-state index contributed by atoms with van der Waals surface area (Å²) >= 11 is 0. The topological polar surface area (TPSA) is 12.5 Å². The van der Waals surface area contributed by atoms with Crippen molar-refractivity contribution in [3.05, 3.63) is 65.7 Å². The van der Waals surface area contributed by atoms with Gasteiger partial charge in [-0.15, -0.1) is 0 Å². The molecular weight excluding hydrogens is 270 g/mol. The number of rotatable bonds is 2. The van der Waals surface area contributed by atoms with E-state index in [-0.39, 0.29) is 5.60 Å². The van der Waals surface area contributed by atoms with Gasteiger partial charge in [0.25, 0.3) is 0 Å². The van der Waals surface area contributed by atoms with Crippen LogP contribution in [0.5, 0.6) is 5.75 Å². The van der Waals surface area contributed by atoms with Gasteiger partial charge in [0.1, 0.15) is 11.4 Å². The number of likely N-dealkylation sites (tertiary alicyclic amines) is 1. The molecule has 0 radical (unpaired) electrons. The zero-order valence-electron chi connectivity index (χ0n) is 13.2. The number of benzene rings is 2. The average molecular weight is 293 g/mol. The standard InChI is InChI=1S/C20H23NO/c1-16(17-7-3-2-4-8-17)21-13-11-20(12-14-21)15-18-9-5-6-10-19(18)22-20/h2-10,16H,11-15H2,1H3. The van der Waals surface area contributed by atoms with Crippen molar-refractivity contribution in [1.29, 1.82) is 0 Å². The van der Waals surface area contributed by atoms with Crippen molar-refractivity contribution in [2.45, 2.75) is 37.8 Å². The summed E-state index contributed by atoms with van der Waals surface area (Å²) in [6.45, 7) is 4.55. The molecule has 4 rings (SSSR count). The van der Waals surface area contributed by atoms with Gasteiger partial charge < -0.3 is 4.74 Å². The van der Waals surface area contributed by atoms with Gasteiger partial charge in [-0.25, -0.2) is 0 Å². The number of nitrogens with zero attached hydrogens (tertiary/aromatic N) is 1. The van der Waals surface area contributed by atoms with E-state index in [4.69, 9.17) is 4.74 Å². The maximum absolute atomic E-state index is 6.34. The van der Waals surface area contributed by atoms with Gasteiger partial charge in [0.05, 0.1) is 0 Å². The van der Waals surface area contributed by atoms with E-state index in [2.05, 4.69) is 66.4 Å². The maximum Gasteiger partial charge on any atom is 0.123 e. The molecule has 0 amide bonds. The number of hydrogen-bond acceptors (Lipinski definition) is 2. The molecule has 0 bridgehead atoms. The van der Waals surface area contributed by atoms with E-state index in [1.807, 2.05) is 0 Å². The first-order valence-electron chi connectivity index (χ1n) is 8.32. The molecular formula is C20H23NO. The Labute approximate surface area is 132 Å². The lowest BCUT2D eigenvalue weighted by atomic mass is 9.86. The molecule has 1 fully saturated rings. The van der Waals surface area contributed by atoms with Gasteiger partial charge in [-0.3, -0.25) is 4.90 Å². The van der Waals surface area contributed by atoms with Crippen molar-refractivity contribution in [1.82, 2.24) is 4.90 Å². The monoisotopic (exact) mass is 293 g/mol. The zero-order chi connectivity index (χ0) is 15.0. The lowest BCUT2D eigenvalue weighted by Gasteiger charge is -2.41. The van der Waals surface area contributed by atoms with E-state index in [9.17, 15) is 0 Å². The van der Waals surface area contributed by atoms with Crippen molar-refractivity contribution < 1.29 is 4.74 Å². The van der Waals surface area contributed by atoms with Gasteiger partial charge in [-0.05, 0) is 24.1 Å². The molecule has 2 nitrogen and oxygen atoms in total. The molecule has 0 aliphatic carbocycles. The highest BCUT2D eigenvalue weighted by Gasteiger charge is 2.42. The highest BCUT2D eigenvalue weighted by atomic mass is 16.5. The Morgan fingerprint density at radius 3 is 2.36 bits per heavy atom. The fourth-order valence-corrected chi connectivity index (χ4v) is 3.91. The number of para-hydroxylation sites is 1. The van der Waals surface area contributed by atoms with Gasteiger partial charge in [-0.1, -0.05) is 48.5 Å². The van der Waals surface area contributed by atoms with Crippen molar-refractivity contribution in [2.75, 3.05) is 13.1 Å². The Hall–Kier alpha value is -1.80. The van der Waals surface area contributed by atoms with Crippen LogP contribution in [-0.4, -0.2) is 23.6 Å². The fraction of sp³-hybridized carbons (Fsp3) is 0.400.